The highest BCUT2D eigenvalue weighted by molar-refractivity contribution is 8.18. The van der Waals surface area contributed by atoms with Gasteiger partial charge in [-0.05, 0) is 53.7 Å². The highest BCUT2D eigenvalue weighted by atomic mass is 35.5. The third-order valence-corrected chi connectivity index (χ3v) is 4.57. The summed E-state index contributed by atoms with van der Waals surface area (Å²) in [6.45, 7) is 0. The predicted molar refractivity (Wildman–Crippen MR) is 102 cm³/mol. The Balaban J connectivity index is 1.84. The number of nitrogens with one attached hydrogen (secondary N) is 1. The third kappa shape index (κ3) is 4.15. The Morgan fingerprint density at radius 1 is 1.12 bits per heavy atom. The first-order chi connectivity index (χ1) is 12.1. The molecule has 0 saturated carbocycles. The lowest BCUT2D eigenvalue weighted by atomic mass is 10.2. The van der Waals surface area contributed by atoms with Crippen LogP contribution in [0.5, 0.6) is 11.5 Å². The molecule has 0 bridgehead atoms. The van der Waals surface area contributed by atoms with Gasteiger partial charge in [0.25, 0.3) is 5.91 Å². The SMILES string of the molecule is COc1ccc(/C=C2\SC(=Nc3cc(Cl)ccc3OC)NC2=O)cc1. The molecule has 0 spiro atoms. The number of aliphatic imine (C=N–C) groups is 1. The van der Waals surface area contributed by atoms with Crippen LogP contribution in [0.3, 0.4) is 0 Å². The van der Waals surface area contributed by atoms with Crippen LogP contribution in [0.1, 0.15) is 5.56 Å². The molecule has 1 aliphatic rings. The maximum absolute atomic E-state index is 12.2. The zero-order chi connectivity index (χ0) is 17.8. The summed E-state index contributed by atoms with van der Waals surface area (Å²) in [6.07, 6.45) is 1.80. The lowest BCUT2D eigenvalue weighted by molar-refractivity contribution is -0.115. The molecule has 1 saturated heterocycles. The normalized spacial score (nSPS) is 17.0. The van der Waals surface area contributed by atoms with E-state index < -0.39 is 0 Å². The van der Waals surface area contributed by atoms with Gasteiger partial charge in [0.05, 0.1) is 19.1 Å². The second-order valence-electron chi connectivity index (χ2n) is 5.07. The van der Waals surface area contributed by atoms with Gasteiger partial charge in [-0.3, -0.25) is 4.79 Å². The van der Waals surface area contributed by atoms with Gasteiger partial charge in [-0.1, -0.05) is 23.7 Å². The van der Waals surface area contributed by atoms with Crippen molar-refractivity contribution in [1.29, 1.82) is 0 Å². The van der Waals surface area contributed by atoms with Crippen molar-refractivity contribution < 1.29 is 14.3 Å². The minimum atomic E-state index is -0.194. The van der Waals surface area contributed by atoms with Crippen molar-refractivity contribution in [3.8, 4) is 11.5 Å². The van der Waals surface area contributed by atoms with Gasteiger partial charge in [0, 0.05) is 5.02 Å². The number of ether oxygens (including phenoxy) is 2. The first-order valence-electron chi connectivity index (χ1n) is 7.36. The van der Waals surface area contributed by atoms with Crippen molar-refractivity contribution in [1.82, 2.24) is 5.32 Å². The van der Waals surface area contributed by atoms with Crippen LogP contribution in [0.2, 0.25) is 5.02 Å². The van der Waals surface area contributed by atoms with Gasteiger partial charge in [-0.15, -0.1) is 0 Å². The second-order valence-corrected chi connectivity index (χ2v) is 6.54. The summed E-state index contributed by atoms with van der Waals surface area (Å²) in [5.74, 6) is 1.15. The number of carbonyl (C=O) groups excluding carboxylic acids is 1. The van der Waals surface area contributed by atoms with E-state index in [0.29, 0.717) is 26.5 Å². The first kappa shape index (κ1) is 17.4. The van der Waals surface area contributed by atoms with Gasteiger partial charge in [-0.2, -0.15) is 0 Å². The van der Waals surface area contributed by atoms with Gasteiger partial charge in [-0.25, -0.2) is 4.99 Å². The van der Waals surface area contributed by atoms with Gasteiger partial charge >= 0.3 is 0 Å². The molecule has 1 N–H and O–H groups in total. The third-order valence-electron chi connectivity index (χ3n) is 3.43. The van der Waals surface area contributed by atoms with Gasteiger partial charge < -0.3 is 14.8 Å². The van der Waals surface area contributed by atoms with Crippen LogP contribution < -0.4 is 14.8 Å². The molecular weight excluding hydrogens is 360 g/mol. The van der Waals surface area contributed by atoms with E-state index in [2.05, 4.69) is 10.3 Å². The quantitative estimate of drug-likeness (QED) is 0.813. The van der Waals surface area contributed by atoms with E-state index in [4.69, 9.17) is 21.1 Å². The number of hydrogen-bond acceptors (Lipinski definition) is 5. The van der Waals surface area contributed by atoms with E-state index in [1.165, 1.54) is 11.8 Å². The van der Waals surface area contributed by atoms with E-state index in [-0.39, 0.29) is 5.91 Å². The topological polar surface area (TPSA) is 59.9 Å². The van der Waals surface area contributed by atoms with Gasteiger partial charge in [0.15, 0.2) is 5.17 Å². The summed E-state index contributed by atoms with van der Waals surface area (Å²) in [7, 11) is 3.17. The molecule has 2 aromatic carbocycles. The van der Waals surface area contributed by atoms with Gasteiger partial charge in [0.2, 0.25) is 0 Å². The monoisotopic (exact) mass is 374 g/mol. The molecule has 0 atom stereocenters. The maximum Gasteiger partial charge on any atom is 0.264 e. The summed E-state index contributed by atoms with van der Waals surface area (Å²) >= 11 is 7.27. The number of nitrogens with zero attached hydrogens (tertiary/aromatic N) is 1. The Kier molecular flexibility index (Phi) is 5.31. The molecule has 25 heavy (non-hydrogen) atoms. The summed E-state index contributed by atoms with van der Waals surface area (Å²) < 4.78 is 10.4. The minimum Gasteiger partial charge on any atom is -0.497 e. The Hall–Kier alpha value is -2.44. The van der Waals surface area contributed by atoms with Crippen molar-refractivity contribution in [2.75, 3.05) is 14.2 Å². The van der Waals surface area contributed by atoms with E-state index >= 15 is 0 Å². The fraction of sp³-hybridized carbons (Fsp3) is 0.111. The summed E-state index contributed by atoms with van der Waals surface area (Å²) in [4.78, 5) is 17.2. The van der Waals surface area contributed by atoms with Crippen LogP contribution in [-0.4, -0.2) is 25.3 Å². The van der Waals surface area contributed by atoms with E-state index in [9.17, 15) is 4.79 Å². The molecule has 128 valence electrons. The van der Waals surface area contributed by atoms with E-state index in [0.717, 1.165) is 11.3 Å². The molecule has 1 fully saturated rings. The zero-order valence-electron chi connectivity index (χ0n) is 13.6. The molecule has 2 aromatic rings. The van der Waals surface area contributed by atoms with Crippen LogP contribution in [0.4, 0.5) is 5.69 Å². The van der Waals surface area contributed by atoms with Crippen LogP contribution in [0.15, 0.2) is 52.4 Å². The minimum absolute atomic E-state index is 0.194. The molecule has 0 radical (unpaired) electrons. The van der Waals surface area contributed by atoms with Gasteiger partial charge in [0.1, 0.15) is 17.2 Å². The number of hydrogen-bond donors (Lipinski definition) is 1. The fourth-order valence-electron chi connectivity index (χ4n) is 2.19. The predicted octanol–water partition coefficient (Wildman–Crippen LogP) is 4.25. The average molecular weight is 375 g/mol. The van der Waals surface area contributed by atoms with E-state index in [1.807, 2.05) is 24.3 Å². The number of methoxy groups -OCH3 is 2. The molecule has 1 heterocycles. The van der Waals surface area contributed by atoms with Crippen molar-refractivity contribution in [2.24, 2.45) is 4.99 Å². The van der Waals surface area contributed by atoms with Crippen LogP contribution in [0, 0.1) is 0 Å². The van der Waals surface area contributed by atoms with Crippen molar-refractivity contribution in [3.05, 3.63) is 58.0 Å². The molecule has 3 rings (SSSR count). The lowest BCUT2D eigenvalue weighted by Crippen LogP contribution is -2.19. The maximum atomic E-state index is 12.2. The Labute approximate surface area is 154 Å². The van der Waals surface area contributed by atoms with Crippen LogP contribution in [0.25, 0.3) is 6.08 Å². The number of carbonyl (C=O) groups is 1. The second kappa shape index (κ2) is 7.63. The zero-order valence-corrected chi connectivity index (χ0v) is 15.1. The summed E-state index contributed by atoms with van der Waals surface area (Å²) in [5, 5.41) is 3.77. The Morgan fingerprint density at radius 2 is 1.88 bits per heavy atom. The lowest BCUT2D eigenvalue weighted by Gasteiger charge is -2.05. The molecule has 5 nitrogen and oxygen atoms in total. The molecule has 0 aromatic heterocycles. The summed E-state index contributed by atoms with van der Waals surface area (Å²) in [5.41, 5.74) is 1.46. The Bertz CT molecular complexity index is 863. The van der Waals surface area contributed by atoms with Crippen molar-refractivity contribution in [3.63, 3.8) is 0 Å². The number of amides is 1. The van der Waals surface area contributed by atoms with Crippen molar-refractivity contribution >= 4 is 46.2 Å². The number of amidine groups is 1. The molecule has 1 amide bonds. The van der Waals surface area contributed by atoms with E-state index in [1.54, 1.807) is 38.5 Å². The number of benzene rings is 2. The standard InChI is InChI=1S/C18H15ClN2O3S/c1-23-13-6-3-11(4-7-13)9-16-17(22)21-18(25-16)20-14-10-12(19)5-8-15(14)24-2/h3-10H,1-2H3,(H,20,21,22)/b16-9-. The first-order valence-corrected chi connectivity index (χ1v) is 8.55. The molecule has 1 aliphatic heterocycles. The largest absolute Gasteiger partial charge is 0.497 e. The Morgan fingerprint density at radius 3 is 2.56 bits per heavy atom. The fourth-order valence-corrected chi connectivity index (χ4v) is 3.19. The molecular formula is C18H15ClN2O3S. The van der Waals surface area contributed by atoms with Crippen LogP contribution in [-0.2, 0) is 4.79 Å². The number of halogens is 1. The highest BCUT2D eigenvalue weighted by Crippen LogP contribution is 2.34. The smallest absolute Gasteiger partial charge is 0.264 e. The van der Waals surface area contributed by atoms with Crippen molar-refractivity contribution in [2.45, 2.75) is 0 Å². The molecule has 7 heteroatoms. The average Bonchev–Trinajstić information content (AvgIpc) is 2.95. The summed E-state index contributed by atoms with van der Waals surface area (Å²) in [6, 6.07) is 12.6. The number of rotatable bonds is 4. The highest BCUT2D eigenvalue weighted by Gasteiger charge is 2.24. The molecule has 0 aliphatic carbocycles. The molecule has 0 unspecified atom stereocenters. The number of thioether (sulfide) groups is 1. The van der Waals surface area contributed by atoms with Crippen LogP contribution >= 0.6 is 23.4 Å².